The molecule has 1 aliphatic rings. The maximum atomic E-state index is 13.2. The maximum absolute atomic E-state index is 13.2. The maximum Gasteiger partial charge on any atom is 0.226 e. The highest BCUT2D eigenvalue weighted by Gasteiger charge is 2.24. The average Bonchev–Trinajstić information content (AvgIpc) is 3.21. The van der Waals surface area contributed by atoms with Crippen LogP contribution in [-0.2, 0) is 11.2 Å². The minimum Gasteiger partial charge on any atom is -0.354 e. The summed E-state index contributed by atoms with van der Waals surface area (Å²) in [5.41, 5.74) is 1.86. The van der Waals surface area contributed by atoms with Crippen molar-refractivity contribution in [3.8, 4) is 0 Å². The van der Waals surface area contributed by atoms with E-state index < -0.39 is 0 Å². The molecule has 1 N–H and O–H groups in total. The Balaban J connectivity index is 1.63. The predicted molar refractivity (Wildman–Crippen MR) is 93.5 cm³/mol. The fourth-order valence-electron chi connectivity index (χ4n) is 3.12. The van der Waals surface area contributed by atoms with Gasteiger partial charge in [0.15, 0.2) is 0 Å². The second-order valence-corrected chi connectivity index (χ2v) is 7.21. The van der Waals surface area contributed by atoms with Gasteiger partial charge in [-0.25, -0.2) is 9.37 Å². The molecule has 1 amide bonds. The number of aromatic nitrogens is 1. The second kappa shape index (κ2) is 7.85. The Kier molecular flexibility index (Phi) is 5.58. The fraction of sp³-hybridized carbons (Fsp3) is 0.444. The number of amides is 1. The van der Waals surface area contributed by atoms with Gasteiger partial charge in [0.1, 0.15) is 5.82 Å². The third kappa shape index (κ3) is 4.39. The molecule has 0 radical (unpaired) electrons. The van der Waals surface area contributed by atoms with Crippen molar-refractivity contribution in [1.29, 1.82) is 0 Å². The number of carbonyl (C=O) groups excluding carboxylic acids is 1. The van der Waals surface area contributed by atoms with E-state index in [-0.39, 0.29) is 17.8 Å². The summed E-state index contributed by atoms with van der Waals surface area (Å²) < 4.78 is 13.2. The van der Waals surface area contributed by atoms with Crippen molar-refractivity contribution >= 4 is 17.2 Å². The fourth-order valence-corrected chi connectivity index (χ4v) is 3.74. The van der Waals surface area contributed by atoms with E-state index in [1.54, 1.807) is 11.3 Å². The van der Waals surface area contributed by atoms with Crippen LogP contribution in [0.15, 0.2) is 29.6 Å². The molecule has 1 atom stereocenters. The van der Waals surface area contributed by atoms with Crippen LogP contribution in [0.5, 0.6) is 0 Å². The SMILES string of the molecule is Cc1nc(CC(=O)NC[C@@H](c2ccc(F)cc2)N2CCCC2)cs1. The topological polar surface area (TPSA) is 45.2 Å². The van der Waals surface area contributed by atoms with Crippen LogP contribution in [0.2, 0.25) is 0 Å². The Bertz CT molecular complexity index is 680. The number of halogens is 1. The van der Waals surface area contributed by atoms with Gasteiger partial charge in [0.2, 0.25) is 5.91 Å². The summed E-state index contributed by atoms with van der Waals surface area (Å²) in [4.78, 5) is 18.9. The van der Waals surface area contributed by atoms with Crippen molar-refractivity contribution < 1.29 is 9.18 Å². The first-order valence-electron chi connectivity index (χ1n) is 8.29. The summed E-state index contributed by atoms with van der Waals surface area (Å²) in [6, 6.07) is 6.69. The van der Waals surface area contributed by atoms with Crippen molar-refractivity contribution in [2.24, 2.45) is 0 Å². The highest BCUT2D eigenvalue weighted by molar-refractivity contribution is 7.09. The van der Waals surface area contributed by atoms with Crippen molar-refractivity contribution in [3.63, 3.8) is 0 Å². The first-order chi connectivity index (χ1) is 11.6. The molecule has 0 spiro atoms. The summed E-state index contributed by atoms with van der Waals surface area (Å²) in [7, 11) is 0. The minimum absolute atomic E-state index is 0.0217. The van der Waals surface area contributed by atoms with Gasteiger partial charge < -0.3 is 5.32 Å². The zero-order valence-electron chi connectivity index (χ0n) is 13.8. The third-order valence-electron chi connectivity index (χ3n) is 4.34. The molecule has 1 fully saturated rings. The summed E-state index contributed by atoms with van der Waals surface area (Å²) in [5, 5.41) is 5.92. The zero-order valence-corrected chi connectivity index (χ0v) is 14.6. The minimum atomic E-state index is -0.234. The van der Waals surface area contributed by atoms with Gasteiger partial charge in [-0.2, -0.15) is 0 Å². The molecule has 0 saturated carbocycles. The lowest BCUT2D eigenvalue weighted by Crippen LogP contribution is -2.37. The Morgan fingerprint density at radius 1 is 1.33 bits per heavy atom. The Morgan fingerprint density at radius 3 is 2.67 bits per heavy atom. The van der Waals surface area contributed by atoms with Crippen LogP contribution in [-0.4, -0.2) is 35.4 Å². The zero-order chi connectivity index (χ0) is 16.9. The molecule has 1 aliphatic heterocycles. The largest absolute Gasteiger partial charge is 0.354 e. The number of likely N-dealkylation sites (tertiary alicyclic amines) is 1. The Morgan fingerprint density at radius 2 is 2.04 bits per heavy atom. The lowest BCUT2D eigenvalue weighted by atomic mass is 10.1. The first kappa shape index (κ1) is 17.0. The number of rotatable bonds is 6. The van der Waals surface area contributed by atoms with Crippen molar-refractivity contribution in [2.45, 2.75) is 32.2 Å². The van der Waals surface area contributed by atoms with Gasteiger partial charge in [-0.1, -0.05) is 12.1 Å². The van der Waals surface area contributed by atoms with Crippen LogP contribution in [0.3, 0.4) is 0 Å². The van der Waals surface area contributed by atoms with Crippen LogP contribution in [0, 0.1) is 12.7 Å². The Labute approximate surface area is 145 Å². The molecule has 0 unspecified atom stereocenters. The average molecular weight is 347 g/mol. The lowest BCUT2D eigenvalue weighted by molar-refractivity contribution is -0.120. The number of hydrogen-bond acceptors (Lipinski definition) is 4. The van der Waals surface area contributed by atoms with Crippen LogP contribution < -0.4 is 5.32 Å². The molecule has 0 bridgehead atoms. The van der Waals surface area contributed by atoms with E-state index in [1.165, 1.54) is 25.0 Å². The summed E-state index contributed by atoms with van der Waals surface area (Å²) in [6.07, 6.45) is 2.65. The van der Waals surface area contributed by atoms with Crippen molar-refractivity contribution in [1.82, 2.24) is 15.2 Å². The van der Waals surface area contributed by atoms with Crippen LogP contribution in [0.4, 0.5) is 4.39 Å². The summed E-state index contributed by atoms with van der Waals surface area (Å²) in [5.74, 6) is -0.256. The smallest absolute Gasteiger partial charge is 0.226 e. The van der Waals surface area contributed by atoms with Gasteiger partial charge in [0.25, 0.3) is 0 Å². The molecule has 2 heterocycles. The van der Waals surface area contributed by atoms with E-state index in [4.69, 9.17) is 0 Å². The third-order valence-corrected chi connectivity index (χ3v) is 5.16. The van der Waals surface area contributed by atoms with Gasteiger partial charge >= 0.3 is 0 Å². The number of hydrogen-bond donors (Lipinski definition) is 1. The molecular weight excluding hydrogens is 325 g/mol. The number of nitrogens with one attached hydrogen (secondary N) is 1. The second-order valence-electron chi connectivity index (χ2n) is 6.15. The van der Waals surface area contributed by atoms with E-state index >= 15 is 0 Å². The van der Waals surface area contributed by atoms with Gasteiger partial charge in [-0.15, -0.1) is 11.3 Å². The molecule has 6 heteroatoms. The molecule has 3 rings (SSSR count). The van der Waals surface area contributed by atoms with E-state index in [0.717, 1.165) is 29.4 Å². The molecule has 128 valence electrons. The lowest BCUT2D eigenvalue weighted by Gasteiger charge is -2.28. The van der Waals surface area contributed by atoms with Crippen LogP contribution in [0.25, 0.3) is 0 Å². The predicted octanol–water partition coefficient (Wildman–Crippen LogP) is 3.09. The molecule has 4 nitrogen and oxygen atoms in total. The highest BCUT2D eigenvalue weighted by atomic mass is 32.1. The van der Waals surface area contributed by atoms with E-state index in [0.29, 0.717) is 13.0 Å². The van der Waals surface area contributed by atoms with Crippen LogP contribution >= 0.6 is 11.3 Å². The monoisotopic (exact) mass is 347 g/mol. The molecule has 1 aromatic carbocycles. The van der Waals surface area contributed by atoms with E-state index in [2.05, 4.69) is 15.2 Å². The molecule has 1 aromatic heterocycles. The molecule has 24 heavy (non-hydrogen) atoms. The molecule has 2 aromatic rings. The summed E-state index contributed by atoms with van der Waals surface area (Å²) in [6.45, 7) is 4.50. The van der Waals surface area contributed by atoms with Crippen molar-refractivity contribution in [3.05, 3.63) is 51.7 Å². The number of carbonyl (C=O) groups is 1. The molecule has 0 aliphatic carbocycles. The van der Waals surface area contributed by atoms with Crippen molar-refractivity contribution in [2.75, 3.05) is 19.6 Å². The number of thiazole rings is 1. The number of benzene rings is 1. The molecule has 1 saturated heterocycles. The van der Waals surface area contributed by atoms with Gasteiger partial charge in [0.05, 0.1) is 23.2 Å². The van der Waals surface area contributed by atoms with Crippen LogP contribution in [0.1, 0.15) is 35.1 Å². The normalized spacial score (nSPS) is 16.2. The Hall–Kier alpha value is -1.79. The van der Waals surface area contributed by atoms with Gasteiger partial charge in [0, 0.05) is 11.9 Å². The van der Waals surface area contributed by atoms with E-state index in [9.17, 15) is 9.18 Å². The highest BCUT2D eigenvalue weighted by Crippen LogP contribution is 2.24. The number of aryl methyl sites for hydroxylation is 1. The van der Waals surface area contributed by atoms with Gasteiger partial charge in [-0.05, 0) is 50.6 Å². The first-order valence-corrected chi connectivity index (χ1v) is 9.17. The van der Waals surface area contributed by atoms with Gasteiger partial charge in [-0.3, -0.25) is 9.69 Å². The summed E-state index contributed by atoms with van der Waals surface area (Å²) >= 11 is 1.55. The number of nitrogens with zero attached hydrogens (tertiary/aromatic N) is 2. The standard InChI is InChI=1S/C18H22FN3OS/c1-13-21-16(12-24-13)10-18(23)20-11-17(22-8-2-3-9-22)14-4-6-15(19)7-5-14/h4-7,12,17H,2-3,8-11H2,1H3,(H,20,23)/t17-/m0/s1. The quantitative estimate of drug-likeness (QED) is 0.873. The van der Waals surface area contributed by atoms with E-state index in [1.807, 2.05) is 24.4 Å². The molecular formula is C18H22FN3OS.